The number of methoxy groups -OCH3 is 1. The highest BCUT2D eigenvalue weighted by atomic mass is 32.2. The molecule has 0 aromatic heterocycles. The van der Waals surface area contributed by atoms with Crippen LogP contribution in [0.5, 0.6) is 0 Å². The topological polar surface area (TPSA) is 72.5 Å². The van der Waals surface area contributed by atoms with Crippen LogP contribution in [0.25, 0.3) is 0 Å². The lowest BCUT2D eigenvalue weighted by Crippen LogP contribution is -2.27. The highest BCUT2D eigenvalue weighted by Crippen LogP contribution is 2.11. The van der Waals surface area contributed by atoms with Crippen molar-refractivity contribution in [2.75, 3.05) is 26.0 Å². The van der Waals surface area contributed by atoms with Gasteiger partial charge in [0.25, 0.3) is 0 Å². The minimum Gasteiger partial charge on any atom is -0.469 e. The summed E-state index contributed by atoms with van der Waals surface area (Å²) in [6.07, 6.45) is 0.596. The SMILES string of the molecule is COC(=O)CCS(=O)(=O)[C@@H]1CCNC1. The molecule has 6 heteroatoms. The first-order valence-electron chi connectivity index (χ1n) is 4.55. The van der Waals surface area contributed by atoms with Crippen LogP contribution in [0.4, 0.5) is 0 Å². The number of hydrogen-bond donors (Lipinski definition) is 1. The van der Waals surface area contributed by atoms with Gasteiger partial charge in [0.15, 0.2) is 9.84 Å². The Morgan fingerprint density at radius 2 is 2.29 bits per heavy atom. The molecular weight excluding hydrogens is 206 g/mol. The molecule has 1 aliphatic heterocycles. The fourth-order valence-corrected chi connectivity index (χ4v) is 3.06. The normalized spacial score (nSPS) is 22.2. The molecule has 5 nitrogen and oxygen atoms in total. The average molecular weight is 221 g/mol. The van der Waals surface area contributed by atoms with E-state index in [1.807, 2.05) is 0 Å². The molecule has 1 N–H and O–H groups in total. The summed E-state index contributed by atoms with van der Waals surface area (Å²) in [5.74, 6) is -0.578. The van der Waals surface area contributed by atoms with E-state index in [9.17, 15) is 13.2 Å². The molecule has 1 fully saturated rings. The third-order valence-electron chi connectivity index (χ3n) is 2.34. The van der Waals surface area contributed by atoms with Gasteiger partial charge in [0, 0.05) is 6.54 Å². The van der Waals surface area contributed by atoms with Crippen molar-refractivity contribution in [2.45, 2.75) is 18.1 Å². The molecule has 0 aromatic rings. The first kappa shape index (κ1) is 11.5. The quantitative estimate of drug-likeness (QED) is 0.637. The Labute approximate surface area is 83.7 Å². The highest BCUT2D eigenvalue weighted by molar-refractivity contribution is 7.92. The fourth-order valence-electron chi connectivity index (χ4n) is 1.43. The van der Waals surface area contributed by atoms with E-state index < -0.39 is 15.8 Å². The van der Waals surface area contributed by atoms with E-state index >= 15 is 0 Å². The van der Waals surface area contributed by atoms with E-state index in [0.29, 0.717) is 13.0 Å². The molecule has 82 valence electrons. The van der Waals surface area contributed by atoms with E-state index in [2.05, 4.69) is 10.1 Å². The van der Waals surface area contributed by atoms with Gasteiger partial charge < -0.3 is 10.1 Å². The van der Waals surface area contributed by atoms with Gasteiger partial charge in [0.2, 0.25) is 0 Å². The molecule has 0 bridgehead atoms. The number of ether oxygens (including phenoxy) is 1. The average Bonchev–Trinajstić information content (AvgIpc) is 2.67. The van der Waals surface area contributed by atoms with Gasteiger partial charge in [-0.05, 0) is 13.0 Å². The zero-order valence-corrected chi connectivity index (χ0v) is 8.97. The first-order chi connectivity index (χ1) is 6.56. The molecule has 0 saturated carbocycles. The molecule has 0 aromatic carbocycles. The maximum absolute atomic E-state index is 11.6. The minimum atomic E-state index is -3.13. The van der Waals surface area contributed by atoms with E-state index in [1.54, 1.807) is 0 Å². The van der Waals surface area contributed by atoms with Gasteiger partial charge >= 0.3 is 5.97 Å². The van der Waals surface area contributed by atoms with Crippen LogP contribution in [-0.2, 0) is 19.4 Å². The molecule has 0 spiro atoms. The lowest BCUT2D eigenvalue weighted by atomic mass is 10.4. The summed E-state index contributed by atoms with van der Waals surface area (Å²) in [6, 6.07) is 0. The molecule has 0 radical (unpaired) electrons. The molecule has 14 heavy (non-hydrogen) atoms. The Hall–Kier alpha value is -0.620. The number of nitrogens with one attached hydrogen (secondary N) is 1. The van der Waals surface area contributed by atoms with Crippen molar-refractivity contribution >= 4 is 15.8 Å². The number of hydrogen-bond acceptors (Lipinski definition) is 5. The van der Waals surface area contributed by atoms with Gasteiger partial charge in [-0.1, -0.05) is 0 Å². The number of sulfone groups is 1. The van der Waals surface area contributed by atoms with Gasteiger partial charge in [0.05, 0.1) is 24.5 Å². The van der Waals surface area contributed by atoms with Gasteiger partial charge in [-0.15, -0.1) is 0 Å². The predicted octanol–water partition coefficient (Wildman–Crippen LogP) is -0.674. The molecule has 1 aliphatic rings. The smallest absolute Gasteiger partial charge is 0.306 e. The number of carbonyl (C=O) groups is 1. The van der Waals surface area contributed by atoms with Gasteiger partial charge in [-0.2, -0.15) is 0 Å². The predicted molar refractivity (Wildman–Crippen MR) is 51.7 cm³/mol. The van der Waals surface area contributed by atoms with Crippen molar-refractivity contribution in [1.29, 1.82) is 0 Å². The summed E-state index contributed by atoms with van der Waals surface area (Å²) >= 11 is 0. The van der Waals surface area contributed by atoms with E-state index in [0.717, 1.165) is 6.54 Å². The van der Waals surface area contributed by atoms with E-state index in [4.69, 9.17) is 0 Å². The third-order valence-corrected chi connectivity index (χ3v) is 4.53. The maximum atomic E-state index is 11.6. The Bertz CT molecular complexity index is 292. The van der Waals surface area contributed by atoms with Gasteiger partial charge in [0.1, 0.15) is 0 Å². The monoisotopic (exact) mass is 221 g/mol. The van der Waals surface area contributed by atoms with Crippen LogP contribution in [0.15, 0.2) is 0 Å². The molecule has 0 amide bonds. The van der Waals surface area contributed by atoms with Crippen LogP contribution >= 0.6 is 0 Å². The second-order valence-electron chi connectivity index (χ2n) is 3.31. The summed E-state index contributed by atoms with van der Waals surface area (Å²) in [7, 11) is -1.87. The van der Waals surface area contributed by atoms with Crippen molar-refractivity contribution in [3.63, 3.8) is 0 Å². The number of carbonyl (C=O) groups excluding carboxylic acids is 1. The van der Waals surface area contributed by atoms with Crippen LogP contribution in [-0.4, -0.2) is 45.6 Å². The molecular formula is C8H15NO4S. The Balaban J connectivity index is 2.45. The van der Waals surface area contributed by atoms with Crippen LogP contribution < -0.4 is 5.32 Å². The van der Waals surface area contributed by atoms with Crippen molar-refractivity contribution in [3.8, 4) is 0 Å². The second kappa shape index (κ2) is 4.75. The third kappa shape index (κ3) is 2.95. The van der Waals surface area contributed by atoms with Crippen molar-refractivity contribution in [2.24, 2.45) is 0 Å². The van der Waals surface area contributed by atoms with E-state index in [-0.39, 0.29) is 17.4 Å². The van der Waals surface area contributed by atoms with Gasteiger partial charge in [-0.25, -0.2) is 8.42 Å². The first-order valence-corrected chi connectivity index (χ1v) is 6.27. The van der Waals surface area contributed by atoms with Crippen LogP contribution in [0, 0.1) is 0 Å². The van der Waals surface area contributed by atoms with Crippen LogP contribution in [0.3, 0.4) is 0 Å². The number of esters is 1. The van der Waals surface area contributed by atoms with Crippen molar-refractivity contribution in [1.82, 2.24) is 5.32 Å². The zero-order chi connectivity index (χ0) is 10.6. The van der Waals surface area contributed by atoms with E-state index in [1.165, 1.54) is 7.11 Å². The van der Waals surface area contributed by atoms with Crippen molar-refractivity contribution < 1.29 is 17.9 Å². The maximum Gasteiger partial charge on any atom is 0.306 e. The van der Waals surface area contributed by atoms with Crippen molar-refractivity contribution in [3.05, 3.63) is 0 Å². The highest BCUT2D eigenvalue weighted by Gasteiger charge is 2.28. The zero-order valence-electron chi connectivity index (χ0n) is 8.15. The molecule has 0 aliphatic carbocycles. The summed E-state index contributed by atoms with van der Waals surface area (Å²) in [6.45, 7) is 1.24. The molecule has 1 saturated heterocycles. The fraction of sp³-hybridized carbons (Fsp3) is 0.875. The van der Waals surface area contributed by atoms with Crippen LogP contribution in [0.1, 0.15) is 12.8 Å². The van der Waals surface area contributed by atoms with Crippen LogP contribution in [0.2, 0.25) is 0 Å². The molecule has 1 rings (SSSR count). The number of rotatable bonds is 4. The summed E-state index contributed by atoms with van der Waals surface area (Å²) in [4.78, 5) is 10.8. The lowest BCUT2D eigenvalue weighted by molar-refractivity contribution is -0.140. The Morgan fingerprint density at radius 3 is 2.79 bits per heavy atom. The molecule has 1 atom stereocenters. The standard InChI is InChI=1S/C8H15NO4S/c1-13-8(10)3-5-14(11,12)7-2-4-9-6-7/h7,9H,2-6H2,1H3/t7-/m1/s1. The Kier molecular flexibility index (Phi) is 3.88. The molecule has 1 heterocycles. The second-order valence-corrected chi connectivity index (χ2v) is 5.71. The molecule has 0 unspecified atom stereocenters. The van der Waals surface area contributed by atoms with Gasteiger partial charge in [-0.3, -0.25) is 4.79 Å². The largest absolute Gasteiger partial charge is 0.469 e. The summed E-state index contributed by atoms with van der Waals surface area (Å²) < 4.78 is 27.6. The minimum absolute atomic E-state index is 0.0463. The summed E-state index contributed by atoms with van der Waals surface area (Å²) in [5.41, 5.74) is 0. The summed E-state index contributed by atoms with van der Waals surface area (Å²) in [5, 5.41) is 2.66. The Morgan fingerprint density at radius 1 is 1.57 bits per heavy atom. The lowest BCUT2D eigenvalue weighted by Gasteiger charge is -2.09.